The van der Waals surface area contributed by atoms with Crippen molar-refractivity contribution in [3.63, 3.8) is 0 Å². The van der Waals surface area contributed by atoms with Crippen LogP contribution in [0.5, 0.6) is 0 Å². The topological polar surface area (TPSA) is 32.5 Å². The summed E-state index contributed by atoms with van der Waals surface area (Å²) < 4.78 is 0. The second kappa shape index (κ2) is 8.08. The third kappa shape index (κ3) is 4.26. The molecule has 0 aromatic heterocycles. The van der Waals surface area contributed by atoms with Gasteiger partial charge in [0.25, 0.3) is 0 Å². The lowest BCUT2D eigenvalue weighted by atomic mass is 10.2. The molecule has 1 aromatic rings. The first-order valence-electron chi connectivity index (χ1n) is 7.33. The average Bonchev–Trinajstić information content (AvgIpc) is 2.47. The fourth-order valence-corrected chi connectivity index (χ4v) is 3.02. The van der Waals surface area contributed by atoms with Crippen LogP contribution >= 0.6 is 23.2 Å². The highest BCUT2D eigenvalue weighted by molar-refractivity contribution is 6.43. The van der Waals surface area contributed by atoms with E-state index in [2.05, 4.69) is 9.80 Å². The molecule has 0 saturated carbocycles. The molecule has 20 heavy (non-hydrogen) atoms. The maximum absolute atomic E-state index is 6.28. The van der Waals surface area contributed by atoms with Crippen LogP contribution in [0, 0.1) is 0 Å². The second-order valence-corrected chi connectivity index (χ2v) is 6.04. The van der Waals surface area contributed by atoms with Crippen molar-refractivity contribution in [1.29, 1.82) is 0 Å². The van der Waals surface area contributed by atoms with Gasteiger partial charge in [-0.1, -0.05) is 35.7 Å². The summed E-state index contributed by atoms with van der Waals surface area (Å²) in [7, 11) is 0. The number of anilines is 1. The van der Waals surface area contributed by atoms with Crippen molar-refractivity contribution in [3.8, 4) is 0 Å². The van der Waals surface area contributed by atoms with Gasteiger partial charge in [-0.05, 0) is 38.1 Å². The minimum atomic E-state index is 0.633. The highest BCUT2D eigenvalue weighted by atomic mass is 35.5. The number of nitrogens with zero attached hydrogens (tertiary/aromatic N) is 2. The summed E-state index contributed by atoms with van der Waals surface area (Å²) in [6.45, 7) is 6.18. The lowest BCUT2D eigenvalue weighted by molar-refractivity contribution is 0.252. The van der Waals surface area contributed by atoms with E-state index >= 15 is 0 Å². The summed E-state index contributed by atoms with van der Waals surface area (Å²) in [4.78, 5) is 4.84. The molecular formula is C15H23Cl2N3. The third-order valence-corrected chi connectivity index (χ3v) is 4.63. The number of benzene rings is 1. The molecule has 0 bridgehead atoms. The Bertz CT molecular complexity index is 418. The quantitative estimate of drug-likeness (QED) is 0.818. The summed E-state index contributed by atoms with van der Waals surface area (Å²) in [5.41, 5.74) is 6.57. The Balaban J connectivity index is 1.80. The molecule has 1 heterocycles. The zero-order chi connectivity index (χ0) is 14.4. The number of rotatable bonds is 6. The summed E-state index contributed by atoms with van der Waals surface area (Å²) in [5, 5.41) is 1.30. The molecular weight excluding hydrogens is 293 g/mol. The van der Waals surface area contributed by atoms with Crippen molar-refractivity contribution < 1.29 is 0 Å². The molecule has 5 heteroatoms. The number of nitrogens with two attached hydrogens (primary N) is 1. The summed E-state index contributed by atoms with van der Waals surface area (Å²) in [5.74, 6) is 0. The minimum absolute atomic E-state index is 0.633. The Morgan fingerprint density at radius 2 is 1.75 bits per heavy atom. The number of hydrogen-bond acceptors (Lipinski definition) is 3. The maximum atomic E-state index is 6.28. The van der Waals surface area contributed by atoms with Crippen molar-refractivity contribution >= 4 is 28.9 Å². The molecule has 1 aliphatic rings. The van der Waals surface area contributed by atoms with E-state index in [1.807, 2.05) is 18.2 Å². The van der Waals surface area contributed by atoms with E-state index in [1.165, 1.54) is 19.4 Å². The average molecular weight is 316 g/mol. The predicted octanol–water partition coefficient (Wildman–Crippen LogP) is 3.24. The lowest BCUT2D eigenvalue weighted by Gasteiger charge is -2.36. The van der Waals surface area contributed by atoms with Gasteiger partial charge < -0.3 is 10.6 Å². The van der Waals surface area contributed by atoms with Crippen LogP contribution in [0.4, 0.5) is 5.69 Å². The Labute approximate surface area is 131 Å². The Kier molecular flexibility index (Phi) is 6.43. The standard InChI is InChI=1S/C15H23Cl2N3/c16-13-5-4-6-14(15(13)17)20-11-9-19(10-12-20)8-3-1-2-7-18/h4-6H,1-3,7-12,18H2. The summed E-state index contributed by atoms with van der Waals surface area (Å²) in [6, 6.07) is 5.84. The third-order valence-electron chi connectivity index (χ3n) is 3.82. The van der Waals surface area contributed by atoms with Gasteiger partial charge in [0.2, 0.25) is 0 Å². The molecule has 1 aromatic carbocycles. The van der Waals surface area contributed by atoms with Crippen LogP contribution in [0.1, 0.15) is 19.3 Å². The van der Waals surface area contributed by atoms with E-state index < -0.39 is 0 Å². The fraction of sp³-hybridized carbons (Fsp3) is 0.600. The smallest absolute Gasteiger partial charge is 0.0825 e. The van der Waals surface area contributed by atoms with Crippen molar-refractivity contribution in [2.75, 3.05) is 44.2 Å². The van der Waals surface area contributed by atoms with Gasteiger partial charge in [-0.3, -0.25) is 4.90 Å². The van der Waals surface area contributed by atoms with E-state index in [4.69, 9.17) is 28.9 Å². The molecule has 1 saturated heterocycles. The minimum Gasteiger partial charge on any atom is -0.368 e. The van der Waals surface area contributed by atoms with Gasteiger partial charge in [0.15, 0.2) is 0 Å². The molecule has 112 valence electrons. The second-order valence-electron chi connectivity index (χ2n) is 5.25. The van der Waals surface area contributed by atoms with Crippen molar-refractivity contribution in [1.82, 2.24) is 4.90 Å². The molecule has 3 nitrogen and oxygen atoms in total. The molecule has 0 unspecified atom stereocenters. The Hall–Kier alpha value is -0.480. The van der Waals surface area contributed by atoms with Crippen LogP contribution in [0.3, 0.4) is 0 Å². The molecule has 0 aliphatic carbocycles. The zero-order valence-corrected chi connectivity index (χ0v) is 13.3. The van der Waals surface area contributed by atoms with Crippen LogP contribution in [0.15, 0.2) is 18.2 Å². The van der Waals surface area contributed by atoms with Crippen molar-refractivity contribution in [2.24, 2.45) is 5.73 Å². The summed E-state index contributed by atoms with van der Waals surface area (Å²) >= 11 is 12.4. The van der Waals surface area contributed by atoms with Crippen LogP contribution in [-0.4, -0.2) is 44.2 Å². The van der Waals surface area contributed by atoms with Gasteiger partial charge in [0, 0.05) is 26.2 Å². The monoisotopic (exact) mass is 315 g/mol. The first kappa shape index (κ1) is 15.9. The highest BCUT2D eigenvalue weighted by Crippen LogP contribution is 2.32. The van der Waals surface area contributed by atoms with Crippen molar-refractivity contribution in [2.45, 2.75) is 19.3 Å². The van der Waals surface area contributed by atoms with E-state index in [1.54, 1.807) is 0 Å². The van der Waals surface area contributed by atoms with Gasteiger partial charge >= 0.3 is 0 Å². The van der Waals surface area contributed by atoms with E-state index in [0.29, 0.717) is 10.0 Å². The molecule has 2 N–H and O–H groups in total. The van der Waals surface area contributed by atoms with E-state index in [0.717, 1.165) is 44.8 Å². The van der Waals surface area contributed by atoms with Gasteiger partial charge in [-0.2, -0.15) is 0 Å². The Morgan fingerprint density at radius 1 is 1.00 bits per heavy atom. The molecule has 2 rings (SSSR count). The summed E-state index contributed by atoms with van der Waals surface area (Å²) in [6.07, 6.45) is 3.62. The van der Waals surface area contributed by atoms with Crippen LogP contribution in [0.2, 0.25) is 10.0 Å². The molecule has 0 spiro atoms. The van der Waals surface area contributed by atoms with Crippen LogP contribution in [0.25, 0.3) is 0 Å². The first-order valence-corrected chi connectivity index (χ1v) is 8.09. The predicted molar refractivity (Wildman–Crippen MR) is 88.0 cm³/mol. The van der Waals surface area contributed by atoms with Gasteiger partial charge in [-0.25, -0.2) is 0 Å². The number of piperazine rings is 1. The van der Waals surface area contributed by atoms with Gasteiger partial charge in [0.1, 0.15) is 0 Å². The number of hydrogen-bond donors (Lipinski definition) is 1. The maximum Gasteiger partial charge on any atom is 0.0825 e. The molecule has 0 radical (unpaired) electrons. The van der Waals surface area contributed by atoms with Crippen LogP contribution in [-0.2, 0) is 0 Å². The lowest BCUT2D eigenvalue weighted by Crippen LogP contribution is -2.46. The number of unbranched alkanes of at least 4 members (excludes halogenated alkanes) is 2. The molecule has 0 amide bonds. The van der Waals surface area contributed by atoms with Crippen molar-refractivity contribution in [3.05, 3.63) is 28.2 Å². The first-order chi connectivity index (χ1) is 9.72. The SMILES string of the molecule is NCCCCCN1CCN(c2cccc(Cl)c2Cl)CC1. The van der Waals surface area contributed by atoms with Gasteiger partial charge in [-0.15, -0.1) is 0 Å². The van der Waals surface area contributed by atoms with Crippen LogP contribution < -0.4 is 10.6 Å². The largest absolute Gasteiger partial charge is 0.368 e. The molecule has 0 atom stereocenters. The zero-order valence-electron chi connectivity index (χ0n) is 11.8. The molecule has 1 fully saturated rings. The van der Waals surface area contributed by atoms with E-state index in [9.17, 15) is 0 Å². The molecule has 1 aliphatic heterocycles. The fourth-order valence-electron chi connectivity index (χ4n) is 2.61. The van der Waals surface area contributed by atoms with E-state index in [-0.39, 0.29) is 0 Å². The number of halogens is 2. The van der Waals surface area contributed by atoms with Gasteiger partial charge in [0.05, 0.1) is 15.7 Å². The normalized spacial score (nSPS) is 16.6. The highest BCUT2D eigenvalue weighted by Gasteiger charge is 2.19. The Morgan fingerprint density at radius 3 is 2.45 bits per heavy atom.